The van der Waals surface area contributed by atoms with E-state index in [0.717, 1.165) is 27.8 Å². The molecule has 162 valence electrons. The average molecular weight is 431 g/mol. The van der Waals surface area contributed by atoms with Gasteiger partial charge in [0.2, 0.25) is 10.0 Å². The number of hydrogen-bond donors (Lipinski definition) is 0. The lowest BCUT2D eigenvalue weighted by molar-refractivity contribution is -0.134. The zero-order valence-corrected chi connectivity index (χ0v) is 19.2. The van der Waals surface area contributed by atoms with E-state index in [-0.39, 0.29) is 25.6 Å². The van der Waals surface area contributed by atoms with Crippen LogP contribution in [0.25, 0.3) is 0 Å². The molecule has 1 saturated heterocycles. The summed E-state index contributed by atoms with van der Waals surface area (Å²) in [5.41, 5.74) is 4.69. The number of hydrogen-bond acceptors (Lipinski definition) is 4. The molecule has 0 saturated carbocycles. The Kier molecular flexibility index (Phi) is 6.53. The molecule has 1 fully saturated rings. The molecule has 1 heterocycles. The highest BCUT2D eigenvalue weighted by Crippen LogP contribution is 2.26. The molecule has 0 unspecified atom stereocenters. The third-order valence-electron chi connectivity index (χ3n) is 5.70. The Morgan fingerprint density at radius 3 is 2.13 bits per heavy atom. The fourth-order valence-electron chi connectivity index (χ4n) is 3.99. The van der Waals surface area contributed by atoms with Gasteiger partial charge in [-0.15, -0.1) is 0 Å². The number of amides is 1. The van der Waals surface area contributed by atoms with Gasteiger partial charge in [0.25, 0.3) is 5.91 Å². The Labute approximate surface area is 179 Å². The fraction of sp³-hybridized carbons (Fsp3) is 0.435. The molecule has 0 radical (unpaired) electrons. The van der Waals surface area contributed by atoms with Crippen molar-refractivity contribution >= 4 is 15.9 Å². The van der Waals surface area contributed by atoms with Crippen molar-refractivity contribution in [1.29, 1.82) is 0 Å². The number of carbonyl (C=O) groups excluding carboxylic acids is 1. The second-order valence-electron chi connectivity index (χ2n) is 8.00. The normalized spacial score (nSPS) is 15.3. The molecule has 0 aliphatic carbocycles. The zero-order valence-electron chi connectivity index (χ0n) is 18.4. The van der Waals surface area contributed by atoms with Crippen LogP contribution in [0.2, 0.25) is 0 Å². The quantitative estimate of drug-likeness (QED) is 0.731. The van der Waals surface area contributed by atoms with E-state index in [1.807, 2.05) is 65.0 Å². The number of nitrogens with zero attached hydrogens (tertiary/aromatic N) is 2. The van der Waals surface area contributed by atoms with Crippen LogP contribution in [0.4, 0.5) is 0 Å². The molecule has 0 atom stereocenters. The summed E-state index contributed by atoms with van der Waals surface area (Å²) < 4.78 is 33.6. The summed E-state index contributed by atoms with van der Waals surface area (Å²) in [7, 11) is -3.59. The Morgan fingerprint density at radius 2 is 1.53 bits per heavy atom. The van der Waals surface area contributed by atoms with E-state index in [9.17, 15) is 13.2 Å². The monoisotopic (exact) mass is 430 g/mol. The SMILES string of the molecule is Cc1cc(C)c(S(=O)(=O)N2CCN(C(=O)COc3cccc(C)c3C)CC2)c(C)c1. The molecule has 1 aliphatic rings. The van der Waals surface area contributed by atoms with Gasteiger partial charge in [-0.1, -0.05) is 29.8 Å². The largest absolute Gasteiger partial charge is 0.483 e. The summed E-state index contributed by atoms with van der Waals surface area (Å²) in [6.07, 6.45) is 0. The predicted molar refractivity (Wildman–Crippen MR) is 117 cm³/mol. The van der Waals surface area contributed by atoms with Gasteiger partial charge in [-0.2, -0.15) is 4.31 Å². The second-order valence-corrected chi connectivity index (χ2v) is 9.87. The van der Waals surface area contributed by atoms with Gasteiger partial charge in [0.15, 0.2) is 6.61 Å². The summed E-state index contributed by atoms with van der Waals surface area (Å²) in [6, 6.07) is 9.54. The minimum Gasteiger partial charge on any atom is -0.483 e. The second kappa shape index (κ2) is 8.78. The fourth-order valence-corrected chi connectivity index (χ4v) is 5.83. The maximum absolute atomic E-state index is 13.2. The Balaban J connectivity index is 1.63. The lowest BCUT2D eigenvalue weighted by Gasteiger charge is -2.34. The average Bonchev–Trinajstić information content (AvgIpc) is 2.68. The van der Waals surface area contributed by atoms with Crippen LogP contribution in [0, 0.1) is 34.6 Å². The predicted octanol–water partition coefficient (Wildman–Crippen LogP) is 3.14. The first-order valence-corrected chi connectivity index (χ1v) is 11.6. The summed E-state index contributed by atoms with van der Waals surface area (Å²) >= 11 is 0. The van der Waals surface area contributed by atoms with Gasteiger partial charge in [-0.25, -0.2) is 8.42 Å². The minimum absolute atomic E-state index is 0.0484. The van der Waals surface area contributed by atoms with Crippen LogP contribution >= 0.6 is 0 Å². The number of rotatable bonds is 5. The van der Waals surface area contributed by atoms with E-state index >= 15 is 0 Å². The van der Waals surface area contributed by atoms with Crippen LogP contribution in [-0.4, -0.2) is 56.3 Å². The lowest BCUT2D eigenvalue weighted by atomic mass is 10.1. The lowest BCUT2D eigenvalue weighted by Crippen LogP contribution is -2.51. The van der Waals surface area contributed by atoms with Crippen molar-refractivity contribution in [3.05, 3.63) is 58.1 Å². The van der Waals surface area contributed by atoms with Crippen LogP contribution in [0.5, 0.6) is 5.75 Å². The zero-order chi connectivity index (χ0) is 22.1. The number of piperazine rings is 1. The van der Waals surface area contributed by atoms with Crippen molar-refractivity contribution in [2.24, 2.45) is 0 Å². The van der Waals surface area contributed by atoms with Gasteiger partial charge in [-0.05, 0) is 62.9 Å². The first kappa shape index (κ1) is 22.3. The van der Waals surface area contributed by atoms with E-state index in [1.165, 1.54) is 4.31 Å². The maximum atomic E-state index is 13.2. The first-order valence-electron chi connectivity index (χ1n) is 10.2. The number of sulfonamides is 1. The molecule has 6 nitrogen and oxygen atoms in total. The summed E-state index contributed by atoms with van der Waals surface area (Å²) in [6.45, 7) is 10.8. The highest BCUT2D eigenvalue weighted by atomic mass is 32.2. The molecule has 0 spiro atoms. The molecule has 2 aromatic rings. The summed E-state index contributed by atoms with van der Waals surface area (Å²) in [5.74, 6) is 0.575. The van der Waals surface area contributed by atoms with Crippen molar-refractivity contribution in [2.45, 2.75) is 39.5 Å². The molecule has 3 rings (SSSR count). The molecule has 7 heteroatoms. The third kappa shape index (κ3) is 4.52. The molecule has 0 bridgehead atoms. The molecule has 1 aliphatic heterocycles. The summed E-state index contributed by atoms with van der Waals surface area (Å²) in [5, 5.41) is 0. The smallest absolute Gasteiger partial charge is 0.260 e. The Bertz CT molecular complexity index is 1030. The Hall–Kier alpha value is -2.38. The van der Waals surface area contributed by atoms with Crippen LogP contribution in [-0.2, 0) is 14.8 Å². The molecule has 30 heavy (non-hydrogen) atoms. The van der Waals surface area contributed by atoms with E-state index in [0.29, 0.717) is 23.7 Å². The van der Waals surface area contributed by atoms with E-state index in [2.05, 4.69) is 0 Å². The third-order valence-corrected chi connectivity index (χ3v) is 7.90. The van der Waals surface area contributed by atoms with Crippen LogP contribution in [0.3, 0.4) is 0 Å². The standard InChI is InChI=1S/C23H30N2O4S/c1-16-13-18(3)23(19(4)14-16)30(27,28)25-11-9-24(10-12-25)22(26)15-29-21-8-6-7-17(2)20(21)5/h6-8,13-14H,9-12,15H2,1-5H3. The van der Waals surface area contributed by atoms with E-state index in [4.69, 9.17) is 4.74 Å². The van der Waals surface area contributed by atoms with Crippen molar-refractivity contribution in [3.63, 3.8) is 0 Å². The van der Waals surface area contributed by atoms with Gasteiger partial charge >= 0.3 is 0 Å². The molecule has 0 aromatic heterocycles. The van der Waals surface area contributed by atoms with Gasteiger partial charge in [-0.3, -0.25) is 4.79 Å². The highest BCUT2D eigenvalue weighted by molar-refractivity contribution is 7.89. The maximum Gasteiger partial charge on any atom is 0.260 e. The van der Waals surface area contributed by atoms with E-state index in [1.54, 1.807) is 4.90 Å². The molecular weight excluding hydrogens is 400 g/mol. The molecule has 1 amide bonds. The molecular formula is C23H30N2O4S. The van der Waals surface area contributed by atoms with Gasteiger partial charge in [0.05, 0.1) is 4.90 Å². The van der Waals surface area contributed by atoms with Gasteiger partial charge in [0, 0.05) is 26.2 Å². The van der Waals surface area contributed by atoms with Crippen LogP contribution < -0.4 is 4.74 Å². The highest BCUT2D eigenvalue weighted by Gasteiger charge is 2.32. The van der Waals surface area contributed by atoms with Crippen LogP contribution in [0.1, 0.15) is 27.8 Å². The van der Waals surface area contributed by atoms with Crippen molar-refractivity contribution in [3.8, 4) is 5.75 Å². The molecule has 0 N–H and O–H groups in total. The topological polar surface area (TPSA) is 66.9 Å². The van der Waals surface area contributed by atoms with Crippen LogP contribution in [0.15, 0.2) is 35.2 Å². The van der Waals surface area contributed by atoms with Gasteiger partial charge < -0.3 is 9.64 Å². The first-order chi connectivity index (χ1) is 14.1. The van der Waals surface area contributed by atoms with Crippen molar-refractivity contribution < 1.29 is 17.9 Å². The number of aryl methyl sites for hydroxylation is 4. The van der Waals surface area contributed by atoms with Crippen molar-refractivity contribution in [2.75, 3.05) is 32.8 Å². The number of ether oxygens (including phenoxy) is 1. The number of benzene rings is 2. The summed E-state index contributed by atoms with van der Waals surface area (Å²) in [4.78, 5) is 14.6. The Morgan fingerprint density at radius 1 is 0.933 bits per heavy atom. The molecule has 2 aromatic carbocycles. The number of carbonyl (C=O) groups is 1. The van der Waals surface area contributed by atoms with Gasteiger partial charge in [0.1, 0.15) is 5.75 Å². The van der Waals surface area contributed by atoms with Crippen molar-refractivity contribution in [1.82, 2.24) is 9.21 Å². The minimum atomic E-state index is -3.59. The van der Waals surface area contributed by atoms with E-state index < -0.39 is 10.0 Å².